The maximum atomic E-state index is 5.83. The van der Waals surface area contributed by atoms with Gasteiger partial charge in [-0.15, -0.1) is 0 Å². The highest BCUT2D eigenvalue weighted by Gasteiger charge is 2.31. The van der Waals surface area contributed by atoms with Gasteiger partial charge in [0.05, 0.1) is 0 Å². The molecule has 3 heteroatoms. The molecule has 1 aliphatic rings. The molecule has 2 N–H and O–H groups in total. The Morgan fingerprint density at radius 3 is 2.78 bits per heavy atom. The Morgan fingerprint density at radius 1 is 1.33 bits per heavy atom. The van der Waals surface area contributed by atoms with Crippen LogP contribution in [0.1, 0.15) is 18.9 Å². The SMILES string of the molecule is CC1(CN)CCN(CCSCc2ccccc2)C1. The lowest BCUT2D eigenvalue weighted by Crippen LogP contribution is -2.32. The van der Waals surface area contributed by atoms with Crippen LogP contribution in [0.25, 0.3) is 0 Å². The quantitative estimate of drug-likeness (QED) is 0.801. The summed E-state index contributed by atoms with van der Waals surface area (Å²) in [7, 11) is 0. The van der Waals surface area contributed by atoms with Crippen molar-refractivity contribution in [1.82, 2.24) is 4.90 Å². The molecule has 0 radical (unpaired) electrons. The summed E-state index contributed by atoms with van der Waals surface area (Å²) >= 11 is 2.03. The summed E-state index contributed by atoms with van der Waals surface area (Å²) in [5.74, 6) is 2.35. The highest BCUT2D eigenvalue weighted by atomic mass is 32.2. The Bertz CT molecular complexity index is 355. The molecule has 1 heterocycles. The van der Waals surface area contributed by atoms with Gasteiger partial charge in [-0.05, 0) is 30.5 Å². The van der Waals surface area contributed by atoms with Gasteiger partial charge in [-0.1, -0.05) is 37.3 Å². The fourth-order valence-electron chi connectivity index (χ4n) is 2.44. The van der Waals surface area contributed by atoms with Crippen LogP contribution in [0.2, 0.25) is 0 Å². The van der Waals surface area contributed by atoms with Gasteiger partial charge in [0, 0.05) is 24.6 Å². The summed E-state index contributed by atoms with van der Waals surface area (Å²) in [6.07, 6.45) is 1.26. The Hall–Kier alpha value is -0.510. The molecule has 0 spiro atoms. The first-order valence-electron chi connectivity index (χ1n) is 6.76. The van der Waals surface area contributed by atoms with Crippen molar-refractivity contribution in [2.24, 2.45) is 11.1 Å². The van der Waals surface area contributed by atoms with Gasteiger partial charge in [0.25, 0.3) is 0 Å². The molecule has 0 amide bonds. The number of benzene rings is 1. The van der Waals surface area contributed by atoms with Crippen molar-refractivity contribution >= 4 is 11.8 Å². The molecule has 0 aliphatic carbocycles. The molecule has 1 unspecified atom stereocenters. The molecule has 1 saturated heterocycles. The molecule has 1 aromatic rings. The Morgan fingerprint density at radius 2 is 2.11 bits per heavy atom. The van der Waals surface area contributed by atoms with E-state index in [1.807, 2.05) is 11.8 Å². The van der Waals surface area contributed by atoms with Crippen molar-refractivity contribution in [3.8, 4) is 0 Å². The summed E-state index contributed by atoms with van der Waals surface area (Å²) in [6.45, 7) is 6.73. The second-order valence-corrected chi connectivity index (χ2v) is 6.68. The van der Waals surface area contributed by atoms with Gasteiger partial charge in [-0.2, -0.15) is 11.8 Å². The van der Waals surface area contributed by atoms with Crippen molar-refractivity contribution in [3.05, 3.63) is 35.9 Å². The molecule has 1 atom stereocenters. The van der Waals surface area contributed by atoms with Gasteiger partial charge in [0.2, 0.25) is 0 Å². The highest BCUT2D eigenvalue weighted by molar-refractivity contribution is 7.98. The van der Waals surface area contributed by atoms with Crippen LogP contribution >= 0.6 is 11.8 Å². The minimum atomic E-state index is 0.365. The van der Waals surface area contributed by atoms with Gasteiger partial charge in [-0.3, -0.25) is 0 Å². The molecule has 1 aromatic carbocycles. The smallest absolute Gasteiger partial charge is 0.0185 e. The zero-order valence-electron chi connectivity index (χ0n) is 11.3. The molecule has 0 bridgehead atoms. The topological polar surface area (TPSA) is 29.3 Å². The summed E-state index contributed by atoms with van der Waals surface area (Å²) in [6, 6.07) is 10.7. The maximum Gasteiger partial charge on any atom is 0.0185 e. The van der Waals surface area contributed by atoms with Crippen molar-refractivity contribution in [2.45, 2.75) is 19.1 Å². The van der Waals surface area contributed by atoms with Gasteiger partial charge >= 0.3 is 0 Å². The van der Waals surface area contributed by atoms with E-state index in [-0.39, 0.29) is 0 Å². The second kappa shape index (κ2) is 6.60. The highest BCUT2D eigenvalue weighted by Crippen LogP contribution is 2.28. The molecule has 0 saturated carbocycles. The van der Waals surface area contributed by atoms with Crippen molar-refractivity contribution in [2.75, 3.05) is 31.9 Å². The molecule has 0 aromatic heterocycles. The molecule has 1 aliphatic heterocycles. The monoisotopic (exact) mass is 264 g/mol. The normalized spacial score (nSPS) is 24.6. The van der Waals surface area contributed by atoms with Crippen molar-refractivity contribution < 1.29 is 0 Å². The van der Waals surface area contributed by atoms with Gasteiger partial charge < -0.3 is 10.6 Å². The zero-order chi connectivity index (χ0) is 12.8. The van der Waals surface area contributed by atoms with Crippen molar-refractivity contribution in [1.29, 1.82) is 0 Å². The van der Waals surface area contributed by atoms with E-state index in [1.54, 1.807) is 0 Å². The second-order valence-electron chi connectivity index (χ2n) is 5.58. The molecule has 2 nitrogen and oxygen atoms in total. The van der Waals surface area contributed by atoms with Gasteiger partial charge in [-0.25, -0.2) is 0 Å². The maximum absolute atomic E-state index is 5.83. The number of rotatable bonds is 6. The van der Waals surface area contributed by atoms with Gasteiger partial charge in [0.1, 0.15) is 0 Å². The lowest BCUT2D eigenvalue weighted by Gasteiger charge is -2.22. The largest absolute Gasteiger partial charge is 0.330 e. The van der Waals surface area contributed by atoms with Crippen LogP contribution in [0.3, 0.4) is 0 Å². The number of thioether (sulfide) groups is 1. The first-order chi connectivity index (χ1) is 8.72. The van der Waals surface area contributed by atoms with Crippen LogP contribution in [0, 0.1) is 5.41 Å². The van der Waals surface area contributed by atoms with E-state index >= 15 is 0 Å². The molecule has 100 valence electrons. The third-order valence-electron chi connectivity index (χ3n) is 3.79. The molecule has 18 heavy (non-hydrogen) atoms. The van der Waals surface area contributed by atoms with Crippen LogP contribution in [-0.4, -0.2) is 36.8 Å². The number of hydrogen-bond donors (Lipinski definition) is 1. The predicted molar refractivity (Wildman–Crippen MR) is 80.8 cm³/mol. The number of nitrogens with zero attached hydrogens (tertiary/aromatic N) is 1. The van der Waals surface area contributed by atoms with E-state index in [2.05, 4.69) is 42.2 Å². The van der Waals surface area contributed by atoms with Crippen LogP contribution in [0.15, 0.2) is 30.3 Å². The average molecular weight is 264 g/mol. The predicted octanol–water partition coefficient (Wildman–Crippen LogP) is 2.59. The Kier molecular flexibility index (Phi) is 5.10. The van der Waals surface area contributed by atoms with E-state index in [0.717, 1.165) is 12.3 Å². The minimum absolute atomic E-state index is 0.365. The standard InChI is InChI=1S/C15H24N2S/c1-15(12-16)7-8-17(13-15)9-10-18-11-14-5-3-2-4-6-14/h2-6H,7-13,16H2,1H3. The third kappa shape index (κ3) is 4.01. The average Bonchev–Trinajstić information content (AvgIpc) is 2.79. The number of nitrogens with two attached hydrogens (primary N) is 1. The van der Waals surface area contributed by atoms with E-state index in [9.17, 15) is 0 Å². The fraction of sp³-hybridized carbons (Fsp3) is 0.600. The minimum Gasteiger partial charge on any atom is -0.330 e. The van der Waals surface area contributed by atoms with E-state index < -0.39 is 0 Å². The summed E-state index contributed by atoms with van der Waals surface area (Å²) in [5, 5.41) is 0. The summed E-state index contributed by atoms with van der Waals surface area (Å²) in [5.41, 5.74) is 7.62. The lowest BCUT2D eigenvalue weighted by molar-refractivity contribution is 0.293. The first kappa shape index (κ1) is 13.9. The van der Waals surface area contributed by atoms with Crippen molar-refractivity contribution in [3.63, 3.8) is 0 Å². The van der Waals surface area contributed by atoms with E-state index in [1.165, 1.54) is 37.4 Å². The third-order valence-corrected chi connectivity index (χ3v) is 4.80. The molecule has 2 rings (SSSR count). The Labute approximate surface area is 115 Å². The zero-order valence-corrected chi connectivity index (χ0v) is 12.1. The summed E-state index contributed by atoms with van der Waals surface area (Å²) < 4.78 is 0. The van der Waals surface area contributed by atoms with Crippen LogP contribution in [0.5, 0.6) is 0 Å². The first-order valence-corrected chi connectivity index (χ1v) is 7.91. The number of likely N-dealkylation sites (tertiary alicyclic amines) is 1. The fourth-order valence-corrected chi connectivity index (χ4v) is 3.40. The number of hydrogen-bond acceptors (Lipinski definition) is 3. The van der Waals surface area contributed by atoms with Gasteiger partial charge in [0.15, 0.2) is 0 Å². The van der Waals surface area contributed by atoms with Crippen LogP contribution < -0.4 is 5.73 Å². The van der Waals surface area contributed by atoms with Crippen LogP contribution in [-0.2, 0) is 5.75 Å². The van der Waals surface area contributed by atoms with E-state index in [4.69, 9.17) is 5.73 Å². The molecular weight excluding hydrogens is 240 g/mol. The Balaban J connectivity index is 1.62. The molecular formula is C15H24N2S. The van der Waals surface area contributed by atoms with E-state index in [0.29, 0.717) is 5.41 Å². The lowest BCUT2D eigenvalue weighted by atomic mass is 9.90. The molecule has 1 fully saturated rings. The summed E-state index contributed by atoms with van der Waals surface area (Å²) in [4.78, 5) is 2.56. The van der Waals surface area contributed by atoms with Crippen LogP contribution in [0.4, 0.5) is 0 Å².